The Bertz CT molecular complexity index is 574. The molecule has 4 N–H and O–H groups in total. The number of ether oxygens (including phenoxy) is 1. The number of fused-ring (bicyclic) bond motifs is 1. The quantitative estimate of drug-likeness (QED) is 0.573. The molecular formula is C13H15N5O. The molecule has 6 heteroatoms. The lowest BCUT2D eigenvalue weighted by Crippen LogP contribution is -2.21. The van der Waals surface area contributed by atoms with Crippen molar-refractivity contribution in [1.29, 1.82) is 0 Å². The predicted octanol–water partition coefficient (Wildman–Crippen LogP) is 1.70. The van der Waals surface area contributed by atoms with E-state index in [0.717, 1.165) is 17.7 Å². The standard InChI is InChI=1S/C13H15N5O/c14-18-13-8-15-7-12(17-13)16-10-5-6-19-11-4-2-1-3-9(10)11/h1-4,7-8,10H,5-6,14H2,(H2,16,17,18). The van der Waals surface area contributed by atoms with E-state index in [1.54, 1.807) is 12.4 Å². The maximum Gasteiger partial charge on any atom is 0.160 e. The second-order valence-electron chi connectivity index (χ2n) is 4.31. The van der Waals surface area contributed by atoms with Gasteiger partial charge in [-0.1, -0.05) is 18.2 Å². The van der Waals surface area contributed by atoms with Crippen molar-refractivity contribution in [2.24, 2.45) is 5.84 Å². The summed E-state index contributed by atoms with van der Waals surface area (Å²) >= 11 is 0. The van der Waals surface area contributed by atoms with Crippen molar-refractivity contribution >= 4 is 11.6 Å². The Morgan fingerprint density at radius 1 is 1.21 bits per heavy atom. The monoisotopic (exact) mass is 257 g/mol. The second-order valence-corrected chi connectivity index (χ2v) is 4.31. The highest BCUT2D eigenvalue weighted by molar-refractivity contribution is 5.46. The van der Waals surface area contributed by atoms with Crippen LogP contribution in [0.3, 0.4) is 0 Å². The van der Waals surface area contributed by atoms with Gasteiger partial charge in [0, 0.05) is 12.0 Å². The van der Waals surface area contributed by atoms with Gasteiger partial charge in [-0.2, -0.15) is 0 Å². The first-order valence-corrected chi connectivity index (χ1v) is 6.14. The lowest BCUT2D eigenvalue weighted by molar-refractivity contribution is 0.274. The summed E-state index contributed by atoms with van der Waals surface area (Å²) in [7, 11) is 0. The van der Waals surface area contributed by atoms with Crippen LogP contribution in [0.25, 0.3) is 0 Å². The molecule has 0 spiro atoms. The van der Waals surface area contributed by atoms with Crippen LogP contribution in [0, 0.1) is 0 Å². The molecule has 3 rings (SSSR count). The van der Waals surface area contributed by atoms with Gasteiger partial charge in [-0.3, -0.25) is 4.98 Å². The largest absolute Gasteiger partial charge is 0.493 e. The highest BCUT2D eigenvalue weighted by atomic mass is 16.5. The van der Waals surface area contributed by atoms with E-state index in [9.17, 15) is 0 Å². The van der Waals surface area contributed by atoms with Crippen molar-refractivity contribution in [3.63, 3.8) is 0 Å². The SMILES string of the molecule is NNc1cncc(NC2CCOc3ccccc32)n1. The van der Waals surface area contributed by atoms with E-state index in [2.05, 4.69) is 26.8 Å². The average Bonchev–Trinajstić information content (AvgIpc) is 2.48. The Morgan fingerprint density at radius 3 is 2.95 bits per heavy atom. The van der Waals surface area contributed by atoms with E-state index in [-0.39, 0.29) is 6.04 Å². The highest BCUT2D eigenvalue weighted by Crippen LogP contribution is 2.33. The highest BCUT2D eigenvalue weighted by Gasteiger charge is 2.21. The number of para-hydroxylation sites is 1. The summed E-state index contributed by atoms with van der Waals surface area (Å²) in [4.78, 5) is 8.39. The van der Waals surface area contributed by atoms with Crippen molar-refractivity contribution in [1.82, 2.24) is 9.97 Å². The lowest BCUT2D eigenvalue weighted by atomic mass is 10.0. The van der Waals surface area contributed by atoms with Gasteiger partial charge < -0.3 is 15.5 Å². The molecule has 1 aromatic carbocycles. The third kappa shape index (κ3) is 2.43. The number of hydrogen-bond donors (Lipinski definition) is 3. The zero-order valence-corrected chi connectivity index (χ0v) is 10.3. The molecule has 6 nitrogen and oxygen atoms in total. The van der Waals surface area contributed by atoms with Crippen molar-refractivity contribution in [3.8, 4) is 5.75 Å². The Labute approximate surface area is 111 Å². The maximum atomic E-state index is 5.63. The summed E-state index contributed by atoms with van der Waals surface area (Å²) in [6, 6.07) is 8.19. The van der Waals surface area contributed by atoms with Crippen LogP contribution in [0.5, 0.6) is 5.75 Å². The van der Waals surface area contributed by atoms with Crippen LogP contribution in [0.4, 0.5) is 11.6 Å². The van der Waals surface area contributed by atoms with Crippen molar-refractivity contribution in [2.75, 3.05) is 17.3 Å². The van der Waals surface area contributed by atoms with Gasteiger partial charge in [-0.05, 0) is 6.07 Å². The third-order valence-corrected chi connectivity index (χ3v) is 3.06. The summed E-state index contributed by atoms with van der Waals surface area (Å²) in [5.74, 6) is 7.48. The number of nitrogens with two attached hydrogens (primary N) is 1. The molecule has 0 aliphatic carbocycles. The number of rotatable bonds is 3. The molecule has 98 valence electrons. The summed E-state index contributed by atoms with van der Waals surface area (Å²) in [6.07, 6.45) is 4.14. The minimum atomic E-state index is 0.173. The molecule has 0 amide bonds. The van der Waals surface area contributed by atoms with E-state index in [1.165, 1.54) is 0 Å². The van der Waals surface area contributed by atoms with E-state index < -0.39 is 0 Å². The zero-order valence-electron chi connectivity index (χ0n) is 10.3. The van der Waals surface area contributed by atoms with Gasteiger partial charge in [0.25, 0.3) is 0 Å². The van der Waals surface area contributed by atoms with Crippen LogP contribution in [0.15, 0.2) is 36.7 Å². The van der Waals surface area contributed by atoms with Gasteiger partial charge >= 0.3 is 0 Å². The van der Waals surface area contributed by atoms with E-state index in [0.29, 0.717) is 18.2 Å². The number of anilines is 2. The molecule has 0 radical (unpaired) electrons. The number of hydrogen-bond acceptors (Lipinski definition) is 6. The Kier molecular flexibility index (Phi) is 3.16. The topological polar surface area (TPSA) is 85.1 Å². The fourth-order valence-corrected chi connectivity index (χ4v) is 2.18. The Balaban J connectivity index is 1.84. The first kappa shape index (κ1) is 11.7. The molecule has 0 saturated carbocycles. The van der Waals surface area contributed by atoms with Gasteiger partial charge in [-0.25, -0.2) is 10.8 Å². The molecule has 1 atom stereocenters. The molecular weight excluding hydrogens is 242 g/mol. The first-order valence-electron chi connectivity index (χ1n) is 6.14. The number of aromatic nitrogens is 2. The summed E-state index contributed by atoms with van der Waals surface area (Å²) in [5, 5.41) is 3.36. The first-order chi connectivity index (χ1) is 9.36. The van der Waals surface area contributed by atoms with E-state index in [4.69, 9.17) is 10.6 Å². The van der Waals surface area contributed by atoms with Crippen LogP contribution in [-0.2, 0) is 0 Å². The summed E-state index contributed by atoms with van der Waals surface area (Å²) in [6.45, 7) is 0.691. The van der Waals surface area contributed by atoms with E-state index in [1.807, 2.05) is 18.2 Å². The van der Waals surface area contributed by atoms with E-state index >= 15 is 0 Å². The Hall–Kier alpha value is -2.34. The van der Waals surface area contributed by atoms with Crippen molar-refractivity contribution < 1.29 is 4.74 Å². The summed E-state index contributed by atoms with van der Waals surface area (Å²) < 4.78 is 5.63. The zero-order chi connectivity index (χ0) is 13.1. The van der Waals surface area contributed by atoms with Crippen LogP contribution in [0.1, 0.15) is 18.0 Å². The fraction of sp³-hybridized carbons (Fsp3) is 0.231. The smallest absolute Gasteiger partial charge is 0.160 e. The molecule has 2 heterocycles. The lowest BCUT2D eigenvalue weighted by Gasteiger charge is -2.26. The second kappa shape index (κ2) is 5.11. The number of nitrogens with zero attached hydrogens (tertiary/aromatic N) is 2. The minimum absolute atomic E-state index is 0.173. The number of nitrogen functional groups attached to an aromatic ring is 1. The minimum Gasteiger partial charge on any atom is -0.493 e. The number of nitrogens with one attached hydrogen (secondary N) is 2. The molecule has 1 aromatic heterocycles. The van der Waals surface area contributed by atoms with Crippen LogP contribution in [0.2, 0.25) is 0 Å². The van der Waals surface area contributed by atoms with Gasteiger partial charge in [0.2, 0.25) is 0 Å². The average molecular weight is 257 g/mol. The van der Waals surface area contributed by atoms with Gasteiger partial charge in [0.1, 0.15) is 11.6 Å². The number of hydrazine groups is 1. The predicted molar refractivity (Wildman–Crippen MR) is 72.8 cm³/mol. The molecule has 1 aliphatic heterocycles. The normalized spacial score (nSPS) is 17.2. The van der Waals surface area contributed by atoms with Crippen LogP contribution in [-0.4, -0.2) is 16.6 Å². The van der Waals surface area contributed by atoms with Crippen LogP contribution < -0.4 is 21.3 Å². The molecule has 2 aromatic rings. The van der Waals surface area contributed by atoms with Gasteiger partial charge in [0.15, 0.2) is 5.82 Å². The van der Waals surface area contributed by atoms with Gasteiger partial charge in [0.05, 0.1) is 25.0 Å². The molecule has 1 unspecified atom stereocenters. The van der Waals surface area contributed by atoms with Crippen molar-refractivity contribution in [3.05, 3.63) is 42.2 Å². The third-order valence-electron chi connectivity index (χ3n) is 3.06. The molecule has 1 aliphatic rings. The molecule has 19 heavy (non-hydrogen) atoms. The summed E-state index contributed by atoms with van der Waals surface area (Å²) in [5.41, 5.74) is 3.63. The fourth-order valence-electron chi connectivity index (χ4n) is 2.18. The molecule has 0 fully saturated rings. The van der Waals surface area contributed by atoms with Gasteiger partial charge in [-0.15, -0.1) is 0 Å². The molecule has 0 saturated heterocycles. The number of benzene rings is 1. The maximum absolute atomic E-state index is 5.63. The molecule has 0 bridgehead atoms. The Morgan fingerprint density at radius 2 is 2.05 bits per heavy atom. The van der Waals surface area contributed by atoms with Crippen LogP contribution >= 0.6 is 0 Å². The van der Waals surface area contributed by atoms with Crippen molar-refractivity contribution in [2.45, 2.75) is 12.5 Å².